The highest BCUT2D eigenvalue weighted by molar-refractivity contribution is 6.06. The van der Waals surface area contributed by atoms with Crippen molar-refractivity contribution in [3.8, 4) is 0 Å². The van der Waals surface area contributed by atoms with Gasteiger partial charge in [-0.25, -0.2) is 4.98 Å². The van der Waals surface area contributed by atoms with Crippen molar-refractivity contribution in [2.75, 3.05) is 4.90 Å². The standard InChI is InChI=1S/C24H20N2O/c1-18-9-5-8-14-23(18)26(17-19-10-3-2-4-11-19)24(27)22-16-15-20-12-6-7-13-21(20)25-22/h2-16H,17H2,1H3. The number of pyridine rings is 1. The summed E-state index contributed by atoms with van der Waals surface area (Å²) in [5.74, 6) is -0.0982. The highest BCUT2D eigenvalue weighted by atomic mass is 16.2. The Morgan fingerprint density at radius 2 is 1.52 bits per heavy atom. The Kier molecular flexibility index (Phi) is 4.67. The molecule has 132 valence electrons. The Labute approximate surface area is 158 Å². The van der Waals surface area contributed by atoms with Gasteiger partial charge < -0.3 is 4.90 Å². The van der Waals surface area contributed by atoms with Crippen molar-refractivity contribution in [1.29, 1.82) is 0 Å². The number of aryl methyl sites for hydroxylation is 1. The molecule has 0 saturated heterocycles. The predicted molar refractivity (Wildman–Crippen MR) is 110 cm³/mol. The predicted octanol–water partition coefficient (Wildman–Crippen LogP) is 5.39. The lowest BCUT2D eigenvalue weighted by molar-refractivity contribution is 0.0980. The van der Waals surface area contributed by atoms with E-state index < -0.39 is 0 Å². The molecule has 0 N–H and O–H groups in total. The minimum absolute atomic E-state index is 0.0982. The quantitative estimate of drug-likeness (QED) is 0.493. The van der Waals surface area contributed by atoms with E-state index in [1.807, 2.05) is 96.8 Å². The number of rotatable bonds is 4. The number of nitrogens with zero attached hydrogens (tertiary/aromatic N) is 2. The van der Waals surface area contributed by atoms with Gasteiger partial charge in [0.05, 0.1) is 12.1 Å². The second kappa shape index (κ2) is 7.42. The number of fused-ring (bicyclic) bond motifs is 1. The Bertz CT molecular complexity index is 1090. The van der Waals surface area contributed by atoms with Crippen LogP contribution in [0, 0.1) is 6.92 Å². The third-order valence-electron chi connectivity index (χ3n) is 4.65. The summed E-state index contributed by atoms with van der Waals surface area (Å²) >= 11 is 0. The molecule has 3 nitrogen and oxygen atoms in total. The molecule has 0 aliphatic rings. The van der Waals surface area contributed by atoms with Crippen LogP contribution in [0.4, 0.5) is 5.69 Å². The smallest absolute Gasteiger partial charge is 0.277 e. The lowest BCUT2D eigenvalue weighted by atomic mass is 10.1. The van der Waals surface area contributed by atoms with Gasteiger partial charge in [0.15, 0.2) is 0 Å². The van der Waals surface area contributed by atoms with E-state index in [4.69, 9.17) is 0 Å². The van der Waals surface area contributed by atoms with Crippen molar-refractivity contribution in [2.45, 2.75) is 13.5 Å². The Balaban J connectivity index is 1.76. The lowest BCUT2D eigenvalue weighted by Crippen LogP contribution is -2.31. The zero-order valence-corrected chi connectivity index (χ0v) is 15.2. The molecule has 0 fully saturated rings. The van der Waals surface area contributed by atoms with Crippen molar-refractivity contribution in [3.05, 3.63) is 108 Å². The number of carbonyl (C=O) groups excluding carboxylic acids is 1. The molecule has 0 bridgehead atoms. The maximum absolute atomic E-state index is 13.4. The summed E-state index contributed by atoms with van der Waals surface area (Å²) in [6.45, 7) is 2.52. The summed E-state index contributed by atoms with van der Waals surface area (Å²) < 4.78 is 0. The molecule has 4 aromatic rings. The third kappa shape index (κ3) is 3.58. The number of hydrogen-bond acceptors (Lipinski definition) is 2. The topological polar surface area (TPSA) is 33.2 Å². The first-order chi connectivity index (χ1) is 13.2. The Hall–Kier alpha value is -3.46. The molecule has 4 rings (SSSR count). The summed E-state index contributed by atoms with van der Waals surface area (Å²) in [5, 5.41) is 1.03. The first-order valence-corrected chi connectivity index (χ1v) is 8.99. The zero-order valence-electron chi connectivity index (χ0n) is 15.2. The average molecular weight is 352 g/mol. The van der Waals surface area contributed by atoms with Crippen molar-refractivity contribution >= 4 is 22.5 Å². The maximum atomic E-state index is 13.4. The molecule has 0 spiro atoms. The van der Waals surface area contributed by atoms with Gasteiger partial charge in [-0.2, -0.15) is 0 Å². The van der Waals surface area contributed by atoms with Gasteiger partial charge in [-0.05, 0) is 36.2 Å². The summed E-state index contributed by atoms with van der Waals surface area (Å²) in [4.78, 5) is 19.8. The van der Waals surface area contributed by atoms with Gasteiger partial charge in [0.2, 0.25) is 0 Å². The first kappa shape index (κ1) is 17.0. The molecule has 1 heterocycles. The summed E-state index contributed by atoms with van der Waals surface area (Å²) in [7, 11) is 0. The average Bonchev–Trinajstić information content (AvgIpc) is 2.72. The summed E-state index contributed by atoms with van der Waals surface area (Å²) in [5.41, 5.74) is 4.32. The second-order valence-electron chi connectivity index (χ2n) is 6.55. The fraction of sp³-hybridized carbons (Fsp3) is 0.0833. The van der Waals surface area contributed by atoms with Crippen molar-refractivity contribution < 1.29 is 4.79 Å². The van der Waals surface area contributed by atoms with Crippen LogP contribution in [0.5, 0.6) is 0 Å². The molecule has 0 unspecified atom stereocenters. The molecule has 0 saturated carbocycles. The number of carbonyl (C=O) groups is 1. The van der Waals surface area contributed by atoms with Gasteiger partial charge >= 0.3 is 0 Å². The molecular formula is C24H20N2O. The van der Waals surface area contributed by atoms with Crippen LogP contribution < -0.4 is 4.90 Å². The SMILES string of the molecule is Cc1ccccc1N(Cc1ccccc1)C(=O)c1ccc2ccccc2n1. The lowest BCUT2D eigenvalue weighted by Gasteiger charge is -2.24. The van der Waals surface area contributed by atoms with Crippen LogP contribution in [0.25, 0.3) is 10.9 Å². The normalized spacial score (nSPS) is 10.7. The minimum Gasteiger partial charge on any atom is -0.302 e. The van der Waals surface area contributed by atoms with Gasteiger partial charge in [0, 0.05) is 11.1 Å². The molecule has 1 aromatic heterocycles. The zero-order chi connectivity index (χ0) is 18.6. The fourth-order valence-electron chi connectivity index (χ4n) is 3.22. The van der Waals surface area contributed by atoms with E-state index in [1.165, 1.54) is 0 Å². The highest BCUT2D eigenvalue weighted by Gasteiger charge is 2.21. The third-order valence-corrected chi connectivity index (χ3v) is 4.65. The molecule has 27 heavy (non-hydrogen) atoms. The van der Waals surface area contributed by atoms with Crippen LogP contribution >= 0.6 is 0 Å². The van der Waals surface area contributed by atoms with E-state index in [-0.39, 0.29) is 5.91 Å². The number of anilines is 1. The monoisotopic (exact) mass is 352 g/mol. The molecule has 0 radical (unpaired) electrons. The fourth-order valence-corrected chi connectivity index (χ4v) is 3.22. The highest BCUT2D eigenvalue weighted by Crippen LogP contribution is 2.24. The molecular weight excluding hydrogens is 332 g/mol. The molecule has 0 atom stereocenters. The van der Waals surface area contributed by atoms with Crippen molar-refractivity contribution in [2.24, 2.45) is 0 Å². The number of para-hydroxylation sites is 2. The van der Waals surface area contributed by atoms with Crippen molar-refractivity contribution in [1.82, 2.24) is 4.98 Å². The maximum Gasteiger partial charge on any atom is 0.277 e. The molecule has 0 aliphatic heterocycles. The first-order valence-electron chi connectivity index (χ1n) is 8.99. The number of aromatic nitrogens is 1. The van der Waals surface area contributed by atoms with Crippen LogP contribution in [0.1, 0.15) is 21.6 Å². The van der Waals surface area contributed by atoms with Crippen LogP contribution in [0.3, 0.4) is 0 Å². The van der Waals surface area contributed by atoms with Gasteiger partial charge in [-0.1, -0.05) is 72.8 Å². The number of hydrogen-bond donors (Lipinski definition) is 0. The van der Waals surface area contributed by atoms with Gasteiger partial charge in [-0.15, -0.1) is 0 Å². The second-order valence-corrected chi connectivity index (χ2v) is 6.55. The van der Waals surface area contributed by atoms with Gasteiger partial charge in [0.1, 0.15) is 5.69 Å². The molecule has 0 aliphatic carbocycles. The molecule has 1 amide bonds. The number of amides is 1. The van der Waals surface area contributed by atoms with E-state index in [2.05, 4.69) is 4.98 Å². The summed E-state index contributed by atoms with van der Waals surface area (Å²) in [6, 6.07) is 29.6. The van der Waals surface area contributed by atoms with E-state index in [9.17, 15) is 4.79 Å². The molecule has 3 aromatic carbocycles. The van der Waals surface area contributed by atoms with Crippen molar-refractivity contribution in [3.63, 3.8) is 0 Å². The van der Waals surface area contributed by atoms with Gasteiger partial charge in [-0.3, -0.25) is 4.79 Å². The van der Waals surface area contributed by atoms with E-state index in [1.54, 1.807) is 6.07 Å². The van der Waals surface area contributed by atoms with Crippen LogP contribution in [-0.4, -0.2) is 10.9 Å². The van der Waals surface area contributed by atoms with E-state index >= 15 is 0 Å². The van der Waals surface area contributed by atoms with E-state index in [0.717, 1.165) is 27.7 Å². The van der Waals surface area contributed by atoms with Gasteiger partial charge in [0.25, 0.3) is 5.91 Å². The Morgan fingerprint density at radius 3 is 2.33 bits per heavy atom. The molecule has 3 heteroatoms. The van der Waals surface area contributed by atoms with Crippen LogP contribution in [-0.2, 0) is 6.54 Å². The summed E-state index contributed by atoms with van der Waals surface area (Å²) in [6.07, 6.45) is 0. The minimum atomic E-state index is -0.0982. The van der Waals surface area contributed by atoms with Crippen LogP contribution in [0.2, 0.25) is 0 Å². The Morgan fingerprint density at radius 1 is 0.815 bits per heavy atom. The van der Waals surface area contributed by atoms with Crippen LogP contribution in [0.15, 0.2) is 91.0 Å². The van der Waals surface area contributed by atoms with E-state index in [0.29, 0.717) is 12.2 Å². The number of benzene rings is 3. The largest absolute Gasteiger partial charge is 0.302 e.